The van der Waals surface area contributed by atoms with E-state index in [-0.39, 0.29) is 5.60 Å². The van der Waals surface area contributed by atoms with Crippen molar-refractivity contribution in [3.63, 3.8) is 0 Å². The zero-order valence-electron chi connectivity index (χ0n) is 12.8. The van der Waals surface area contributed by atoms with Crippen molar-refractivity contribution in [1.82, 2.24) is 0 Å². The summed E-state index contributed by atoms with van der Waals surface area (Å²) < 4.78 is 6.19. The number of nitriles is 1. The van der Waals surface area contributed by atoms with E-state index in [0.717, 1.165) is 30.7 Å². The van der Waals surface area contributed by atoms with Gasteiger partial charge < -0.3 is 9.64 Å². The van der Waals surface area contributed by atoms with E-state index in [0.29, 0.717) is 6.04 Å². The van der Waals surface area contributed by atoms with E-state index >= 15 is 0 Å². The second-order valence-corrected chi connectivity index (χ2v) is 6.48. The number of anilines is 1. The quantitative estimate of drug-likeness (QED) is 0.827. The van der Waals surface area contributed by atoms with E-state index in [9.17, 15) is 5.26 Å². The SMILES string of the molecule is CN(c1ccccc1C#N)C1CCOC2(CCCCC2)C1. The number of rotatable bonds is 2. The van der Waals surface area contributed by atoms with Crippen LogP contribution in [0.15, 0.2) is 24.3 Å². The summed E-state index contributed by atoms with van der Waals surface area (Å²) in [6.07, 6.45) is 8.51. The molecule has 1 aromatic carbocycles. The Morgan fingerprint density at radius 1 is 1.24 bits per heavy atom. The molecular weight excluding hydrogens is 260 g/mol. The molecule has 0 amide bonds. The molecule has 1 aliphatic heterocycles. The lowest BCUT2D eigenvalue weighted by Crippen LogP contribution is -2.48. The van der Waals surface area contributed by atoms with Gasteiger partial charge in [-0.25, -0.2) is 0 Å². The maximum Gasteiger partial charge on any atom is 0.101 e. The van der Waals surface area contributed by atoms with Crippen LogP contribution in [-0.4, -0.2) is 25.3 Å². The number of ether oxygens (including phenoxy) is 1. The van der Waals surface area contributed by atoms with Crippen LogP contribution in [0.3, 0.4) is 0 Å². The molecule has 3 heteroatoms. The highest BCUT2D eigenvalue weighted by Crippen LogP contribution is 2.40. The Labute approximate surface area is 127 Å². The van der Waals surface area contributed by atoms with Crippen LogP contribution in [0.2, 0.25) is 0 Å². The van der Waals surface area contributed by atoms with Crippen LogP contribution in [0.1, 0.15) is 50.5 Å². The lowest BCUT2D eigenvalue weighted by atomic mass is 9.78. The van der Waals surface area contributed by atoms with E-state index in [4.69, 9.17) is 4.74 Å². The van der Waals surface area contributed by atoms with E-state index in [1.807, 2.05) is 18.2 Å². The van der Waals surface area contributed by atoms with Crippen LogP contribution in [0.5, 0.6) is 0 Å². The number of nitrogens with zero attached hydrogens (tertiary/aromatic N) is 2. The molecule has 0 aromatic heterocycles. The topological polar surface area (TPSA) is 36.3 Å². The van der Waals surface area contributed by atoms with Gasteiger partial charge in [0.2, 0.25) is 0 Å². The van der Waals surface area contributed by atoms with Gasteiger partial charge in [0.25, 0.3) is 0 Å². The standard InChI is InChI=1S/C18H24N2O/c1-20(17-8-4-3-7-15(17)14-19)16-9-12-21-18(13-16)10-5-2-6-11-18/h3-4,7-8,16H,2,5-6,9-13H2,1H3. The summed E-state index contributed by atoms with van der Waals surface area (Å²) in [6, 6.07) is 10.7. The Balaban J connectivity index is 1.78. The fourth-order valence-electron chi connectivity index (χ4n) is 3.95. The molecule has 1 atom stereocenters. The molecule has 3 nitrogen and oxygen atoms in total. The smallest absolute Gasteiger partial charge is 0.101 e. The van der Waals surface area contributed by atoms with E-state index in [1.54, 1.807) is 0 Å². The monoisotopic (exact) mass is 284 g/mol. The Hall–Kier alpha value is -1.53. The largest absolute Gasteiger partial charge is 0.375 e. The highest BCUT2D eigenvalue weighted by Gasteiger charge is 2.39. The maximum absolute atomic E-state index is 9.31. The average Bonchev–Trinajstić information content (AvgIpc) is 2.55. The lowest BCUT2D eigenvalue weighted by molar-refractivity contribution is -0.105. The van der Waals surface area contributed by atoms with Crippen LogP contribution in [0.4, 0.5) is 5.69 Å². The molecular formula is C18H24N2O. The van der Waals surface area contributed by atoms with Gasteiger partial charge >= 0.3 is 0 Å². The van der Waals surface area contributed by atoms with Gasteiger partial charge in [0.15, 0.2) is 0 Å². The van der Waals surface area contributed by atoms with Crippen molar-refractivity contribution < 1.29 is 4.74 Å². The summed E-state index contributed by atoms with van der Waals surface area (Å²) >= 11 is 0. The third-order valence-electron chi connectivity index (χ3n) is 5.18. The summed E-state index contributed by atoms with van der Waals surface area (Å²) in [6.45, 7) is 0.851. The summed E-state index contributed by atoms with van der Waals surface area (Å²) in [7, 11) is 2.13. The molecule has 1 aliphatic carbocycles. The van der Waals surface area contributed by atoms with Crippen LogP contribution in [-0.2, 0) is 4.74 Å². The molecule has 2 fully saturated rings. The van der Waals surface area contributed by atoms with E-state index < -0.39 is 0 Å². The molecule has 1 spiro atoms. The third kappa shape index (κ3) is 2.91. The number of para-hydroxylation sites is 1. The Morgan fingerprint density at radius 2 is 2.00 bits per heavy atom. The zero-order chi connectivity index (χ0) is 14.7. The number of hydrogen-bond acceptors (Lipinski definition) is 3. The van der Waals surface area contributed by atoms with E-state index in [1.165, 1.54) is 32.1 Å². The van der Waals surface area contributed by atoms with E-state index in [2.05, 4.69) is 24.1 Å². The van der Waals surface area contributed by atoms with Crippen LogP contribution < -0.4 is 4.90 Å². The summed E-state index contributed by atoms with van der Waals surface area (Å²) in [5, 5.41) is 9.31. The molecule has 1 aromatic rings. The zero-order valence-corrected chi connectivity index (χ0v) is 12.8. The summed E-state index contributed by atoms with van der Waals surface area (Å²) in [5.41, 5.74) is 1.93. The maximum atomic E-state index is 9.31. The molecule has 0 radical (unpaired) electrons. The Morgan fingerprint density at radius 3 is 2.76 bits per heavy atom. The van der Waals surface area contributed by atoms with Gasteiger partial charge in [-0.2, -0.15) is 5.26 Å². The fourth-order valence-corrected chi connectivity index (χ4v) is 3.95. The van der Waals surface area contributed by atoms with Crippen molar-refractivity contribution >= 4 is 5.69 Å². The first-order chi connectivity index (χ1) is 10.2. The second-order valence-electron chi connectivity index (χ2n) is 6.48. The molecule has 1 saturated carbocycles. The molecule has 0 N–H and O–H groups in total. The Bertz CT molecular complexity index is 523. The van der Waals surface area contributed by atoms with Crippen molar-refractivity contribution in [1.29, 1.82) is 5.26 Å². The summed E-state index contributed by atoms with van der Waals surface area (Å²) in [5.74, 6) is 0. The Kier molecular flexibility index (Phi) is 4.17. The molecule has 2 aliphatic rings. The molecule has 3 rings (SSSR count). The molecule has 1 unspecified atom stereocenters. The number of benzene rings is 1. The van der Waals surface area contributed by atoms with Gasteiger partial charge in [-0.15, -0.1) is 0 Å². The van der Waals surface area contributed by atoms with Crippen molar-refractivity contribution in [2.75, 3.05) is 18.6 Å². The van der Waals surface area contributed by atoms with Gasteiger partial charge in [-0.3, -0.25) is 0 Å². The highest BCUT2D eigenvalue weighted by atomic mass is 16.5. The van der Waals surface area contributed by atoms with Crippen LogP contribution >= 0.6 is 0 Å². The molecule has 1 saturated heterocycles. The van der Waals surface area contributed by atoms with Crippen molar-refractivity contribution in [2.45, 2.75) is 56.6 Å². The van der Waals surface area contributed by atoms with Gasteiger partial charge in [-0.1, -0.05) is 31.4 Å². The average molecular weight is 284 g/mol. The molecule has 21 heavy (non-hydrogen) atoms. The molecule has 1 heterocycles. The van der Waals surface area contributed by atoms with Gasteiger partial charge in [-0.05, 0) is 37.8 Å². The molecule has 112 valence electrons. The fraction of sp³-hybridized carbons (Fsp3) is 0.611. The van der Waals surface area contributed by atoms with Crippen molar-refractivity contribution in [3.8, 4) is 6.07 Å². The molecule has 0 bridgehead atoms. The minimum atomic E-state index is 0.108. The van der Waals surface area contributed by atoms with Crippen LogP contribution in [0.25, 0.3) is 0 Å². The van der Waals surface area contributed by atoms with Crippen LogP contribution in [0, 0.1) is 11.3 Å². The predicted octanol–water partition coefficient (Wildman–Crippen LogP) is 3.88. The third-order valence-corrected chi connectivity index (χ3v) is 5.18. The minimum Gasteiger partial charge on any atom is -0.375 e. The first kappa shape index (κ1) is 14.4. The highest BCUT2D eigenvalue weighted by molar-refractivity contribution is 5.59. The first-order valence-electron chi connectivity index (χ1n) is 8.10. The first-order valence-corrected chi connectivity index (χ1v) is 8.10. The van der Waals surface area contributed by atoms with Gasteiger partial charge in [0.05, 0.1) is 16.9 Å². The lowest BCUT2D eigenvalue weighted by Gasteiger charge is -2.46. The van der Waals surface area contributed by atoms with Gasteiger partial charge in [0.1, 0.15) is 6.07 Å². The number of hydrogen-bond donors (Lipinski definition) is 0. The second kappa shape index (κ2) is 6.07. The van der Waals surface area contributed by atoms with Gasteiger partial charge in [0, 0.05) is 19.7 Å². The predicted molar refractivity (Wildman–Crippen MR) is 84.4 cm³/mol. The minimum absolute atomic E-state index is 0.108. The summed E-state index contributed by atoms with van der Waals surface area (Å²) in [4.78, 5) is 2.30. The van der Waals surface area contributed by atoms with Crippen molar-refractivity contribution in [2.24, 2.45) is 0 Å². The normalized spacial score (nSPS) is 24.5. The van der Waals surface area contributed by atoms with Crippen molar-refractivity contribution in [3.05, 3.63) is 29.8 Å².